The molecule has 3 aromatic rings. The van der Waals surface area contributed by atoms with Crippen LogP contribution in [0.15, 0.2) is 78.4 Å². The lowest BCUT2D eigenvalue weighted by molar-refractivity contribution is -0.139. The molecular formula is C30H31ClN2O5. The van der Waals surface area contributed by atoms with Gasteiger partial charge in [0.15, 0.2) is 0 Å². The number of carboxylic acids is 1. The molecule has 1 amide bonds. The molecule has 0 radical (unpaired) electrons. The van der Waals surface area contributed by atoms with Gasteiger partial charge >= 0.3 is 12.1 Å². The fourth-order valence-electron chi connectivity index (χ4n) is 4.19. The molecule has 0 aliphatic heterocycles. The number of carbonyl (C=O) groups is 2. The van der Waals surface area contributed by atoms with Crippen LogP contribution in [-0.2, 0) is 17.6 Å². The Morgan fingerprint density at radius 3 is 2.21 bits per heavy atom. The van der Waals surface area contributed by atoms with Crippen LogP contribution in [-0.4, -0.2) is 36.9 Å². The molecule has 3 N–H and O–H groups in total. The molecule has 1 unspecified atom stereocenters. The highest BCUT2D eigenvalue weighted by molar-refractivity contribution is 6.32. The van der Waals surface area contributed by atoms with E-state index in [1.807, 2.05) is 48.5 Å². The van der Waals surface area contributed by atoms with Gasteiger partial charge in [-0.25, -0.2) is 9.59 Å². The van der Waals surface area contributed by atoms with Crippen molar-refractivity contribution in [2.24, 2.45) is 0 Å². The summed E-state index contributed by atoms with van der Waals surface area (Å²) in [5.41, 5.74) is 4.68. The fraction of sp³-hybridized carbons (Fsp3) is 0.267. The van der Waals surface area contributed by atoms with Gasteiger partial charge in [-0.05, 0) is 72.7 Å². The number of benzene rings is 3. The monoisotopic (exact) mass is 534 g/mol. The van der Waals surface area contributed by atoms with E-state index in [0.717, 1.165) is 47.4 Å². The Morgan fingerprint density at radius 2 is 1.61 bits per heavy atom. The van der Waals surface area contributed by atoms with Crippen molar-refractivity contribution in [3.05, 3.63) is 100 Å². The van der Waals surface area contributed by atoms with Crippen LogP contribution in [0.2, 0.25) is 5.02 Å². The second kappa shape index (κ2) is 13.0. The van der Waals surface area contributed by atoms with Crippen molar-refractivity contribution in [2.45, 2.75) is 38.1 Å². The Morgan fingerprint density at radius 1 is 0.947 bits per heavy atom. The molecule has 1 atom stereocenters. The summed E-state index contributed by atoms with van der Waals surface area (Å²) < 4.78 is 10.5. The molecule has 0 saturated heterocycles. The number of amides is 1. The van der Waals surface area contributed by atoms with Gasteiger partial charge in [0.25, 0.3) is 0 Å². The van der Waals surface area contributed by atoms with E-state index >= 15 is 0 Å². The highest BCUT2D eigenvalue weighted by Gasteiger charge is 2.24. The number of hydrogen-bond acceptors (Lipinski definition) is 5. The van der Waals surface area contributed by atoms with Crippen molar-refractivity contribution in [2.75, 3.05) is 13.7 Å². The van der Waals surface area contributed by atoms with E-state index in [1.54, 1.807) is 31.4 Å². The molecule has 38 heavy (non-hydrogen) atoms. The van der Waals surface area contributed by atoms with Crippen molar-refractivity contribution in [3.63, 3.8) is 0 Å². The average molecular weight is 535 g/mol. The fourth-order valence-corrected chi connectivity index (χ4v) is 4.42. The Kier molecular flexibility index (Phi) is 9.27. The first kappa shape index (κ1) is 27.1. The third-order valence-corrected chi connectivity index (χ3v) is 6.82. The summed E-state index contributed by atoms with van der Waals surface area (Å²) in [5, 5.41) is 16.5. The minimum absolute atomic E-state index is 0.255. The highest BCUT2D eigenvalue weighted by Crippen LogP contribution is 2.35. The van der Waals surface area contributed by atoms with E-state index in [2.05, 4.69) is 10.6 Å². The van der Waals surface area contributed by atoms with Gasteiger partial charge in [-0.2, -0.15) is 0 Å². The van der Waals surface area contributed by atoms with Crippen molar-refractivity contribution >= 4 is 29.4 Å². The van der Waals surface area contributed by atoms with Gasteiger partial charge in [-0.1, -0.05) is 54.1 Å². The van der Waals surface area contributed by atoms with Crippen molar-refractivity contribution in [1.29, 1.82) is 0 Å². The van der Waals surface area contributed by atoms with Gasteiger partial charge in [0.05, 0.1) is 7.11 Å². The Hall–Kier alpha value is -3.97. The third kappa shape index (κ3) is 7.29. The van der Waals surface area contributed by atoms with Crippen LogP contribution in [0.4, 0.5) is 4.79 Å². The van der Waals surface area contributed by atoms with E-state index in [-0.39, 0.29) is 6.42 Å². The summed E-state index contributed by atoms with van der Waals surface area (Å²) in [4.78, 5) is 24.3. The van der Waals surface area contributed by atoms with Gasteiger partial charge < -0.3 is 25.2 Å². The van der Waals surface area contributed by atoms with Crippen LogP contribution in [0.1, 0.15) is 36.0 Å². The zero-order chi connectivity index (χ0) is 26.9. The maximum absolute atomic E-state index is 12.2. The lowest BCUT2D eigenvalue weighted by atomic mass is 9.88. The van der Waals surface area contributed by atoms with E-state index in [0.29, 0.717) is 23.7 Å². The number of ether oxygens (including phenoxy) is 2. The van der Waals surface area contributed by atoms with E-state index in [9.17, 15) is 14.7 Å². The number of halogens is 1. The van der Waals surface area contributed by atoms with E-state index in [4.69, 9.17) is 21.1 Å². The Balaban J connectivity index is 1.32. The van der Waals surface area contributed by atoms with Crippen LogP contribution >= 0.6 is 11.6 Å². The molecule has 8 heteroatoms. The van der Waals surface area contributed by atoms with Crippen LogP contribution < -0.4 is 20.1 Å². The summed E-state index contributed by atoms with van der Waals surface area (Å²) in [6.07, 6.45) is 3.30. The molecule has 3 aromatic carbocycles. The number of methoxy groups -OCH3 is 1. The number of carboxylic acid groups (broad SMARTS) is 1. The summed E-state index contributed by atoms with van der Waals surface area (Å²) in [5.74, 6) is 0.210. The number of allylic oxidation sites excluding steroid dienone is 1. The second-order valence-corrected chi connectivity index (χ2v) is 9.52. The normalized spacial score (nSPS) is 13.2. The van der Waals surface area contributed by atoms with Gasteiger partial charge in [0, 0.05) is 29.2 Å². The summed E-state index contributed by atoms with van der Waals surface area (Å²) >= 11 is 6.43. The predicted octanol–water partition coefficient (Wildman–Crippen LogP) is 5.86. The minimum atomic E-state index is -0.953. The first-order valence-corrected chi connectivity index (χ1v) is 12.9. The molecule has 1 aliphatic rings. The molecule has 1 aliphatic carbocycles. The van der Waals surface area contributed by atoms with Crippen molar-refractivity contribution in [1.82, 2.24) is 10.6 Å². The number of aliphatic carboxylic acids is 1. The van der Waals surface area contributed by atoms with Crippen LogP contribution in [0.25, 0.3) is 5.70 Å². The lowest BCUT2D eigenvalue weighted by Crippen LogP contribution is -2.38. The summed E-state index contributed by atoms with van der Waals surface area (Å²) in [7, 11) is 1.62. The molecule has 7 nitrogen and oxygen atoms in total. The van der Waals surface area contributed by atoms with E-state index in [1.165, 1.54) is 5.57 Å². The Labute approximate surface area is 227 Å². The smallest absolute Gasteiger partial charge is 0.412 e. The van der Waals surface area contributed by atoms with Gasteiger partial charge in [-0.3, -0.25) is 0 Å². The zero-order valence-corrected chi connectivity index (χ0v) is 22.0. The van der Waals surface area contributed by atoms with Gasteiger partial charge in [-0.15, -0.1) is 0 Å². The number of nitrogens with one attached hydrogen (secondary N) is 2. The van der Waals surface area contributed by atoms with Crippen molar-refractivity contribution < 1.29 is 24.2 Å². The standard InChI is InChI=1S/C30H31ClN2O5/c1-37-23-13-9-20(10-14-23)17-18-32-30(36)38-24-15-11-21(12-16-24)19-27(29(34)35)33-28(22-5-4-6-22)25-7-2-3-8-26(25)31/h2-3,7-16,27,33H,4-6,17-19H2,1H3,(H,32,36)(H,34,35). The molecule has 0 heterocycles. The largest absolute Gasteiger partial charge is 0.497 e. The van der Waals surface area contributed by atoms with Crippen LogP contribution in [0.3, 0.4) is 0 Å². The lowest BCUT2D eigenvalue weighted by Gasteiger charge is -2.27. The maximum Gasteiger partial charge on any atom is 0.412 e. The topological polar surface area (TPSA) is 96.9 Å². The maximum atomic E-state index is 12.2. The molecule has 0 bridgehead atoms. The molecule has 0 aromatic heterocycles. The molecule has 1 fully saturated rings. The number of hydrogen-bond donors (Lipinski definition) is 3. The van der Waals surface area contributed by atoms with Gasteiger partial charge in [0.2, 0.25) is 0 Å². The first-order chi connectivity index (χ1) is 18.4. The molecule has 1 saturated carbocycles. The van der Waals surface area contributed by atoms with E-state index < -0.39 is 18.1 Å². The third-order valence-electron chi connectivity index (χ3n) is 6.49. The zero-order valence-electron chi connectivity index (χ0n) is 21.2. The quantitative estimate of drug-likeness (QED) is 0.285. The Bertz CT molecular complexity index is 1280. The SMILES string of the molecule is COc1ccc(CCNC(=O)Oc2ccc(CC(NC(=C3CCC3)c3ccccc3Cl)C(=O)O)cc2)cc1. The molecule has 4 rings (SSSR count). The highest BCUT2D eigenvalue weighted by atomic mass is 35.5. The van der Waals surface area contributed by atoms with Crippen LogP contribution in [0, 0.1) is 0 Å². The van der Waals surface area contributed by atoms with Crippen LogP contribution in [0.5, 0.6) is 11.5 Å². The summed E-state index contributed by atoms with van der Waals surface area (Å²) in [6.45, 7) is 0.429. The van der Waals surface area contributed by atoms with Gasteiger partial charge in [0.1, 0.15) is 17.5 Å². The number of rotatable bonds is 11. The molecule has 0 spiro atoms. The minimum Gasteiger partial charge on any atom is -0.497 e. The average Bonchev–Trinajstić information content (AvgIpc) is 2.88. The molecular weight excluding hydrogens is 504 g/mol. The molecule has 198 valence electrons. The predicted molar refractivity (Wildman–Crippen MR) is 148 cm³/mol. The second-order valence-electron chi connectivity index (χ2n) is 9.11. The summed E-state index contributed by atoms with van der Waals surface area (Å²) in [6, 6.07) is 21.1. The number of carbonyl (C=O) groups excluding carboxylic acids is 1. The van der Waals surface area contributed by atoms with Crippen molar-refractivity contribution in [3.8, 4) is 11.5 Å². The first-order valence-electron chi connectivity index (χ1n) is 12.6.